The Hall–Kier alpha value is -6.21. The molecule has 0 amide bonds. The fourth-order valence-corrected chi connectivity index (χ4v) is 11.8. The van der Waals surface area contributed by atoms with Gasteiger partial charge in [-0.15, -0.1) is 21.9 Å². The van der Waals surface area contributed by atoms with Crippen LogP contribution in [-0.4, -0.2) is 32.6 Å². The molecular formula is C52H26BCl4F16IO4. The summed E-state index contributed by atoms with van der Waals surface area (Å²) in [5.41, 5.74) is -10.7. The van der Waals surface area contributed by atoms with Crippen LogP contribution in [-0.2, 0) is 0 Å². The summed E-state index contributed by atoms with van der Waals surface area (Å²) in [6.07, 6.45) is -6.24. The van der Waals surface area contributed by atoms with Gasteiger partial charge >= 0.3 is 21.2 Å². The Morgan fingerprint density at radius 3 is 0.795 bits per heavy atom. The Kier molecular flexibility index (Phi) is 19.3. The van der Waals surface area contributed by atoms with E-state index in [1.165, 1.54) is 7.14 Å². The second-order valence-corrected chi connectivity index (χ2v) is 20.2. The topological polar surface area (TPSA) is 36.9 Å². The molecule has 408 valence electrons. The van der Waals surface area contributed by atoms with Crippen LogP contribution in [0.15, 0.2) is 109 Å². The molecule has 0 heterocycles. The normalized spacial score (nSPS) is 11.3. The average molecular weight is 1300 g/mol. The Bertz CT molecular complexity index is 3070. The number of hydrogen-bond donors (Lipinski definition) is 0. The quantitative estimate of drug-likeness (QED) is 0.0241. The third-order valence-corrected chi connectivity index (χ3v) is 15.7. The van der Waals surface area contributed by atoms with Gasteiger partial charge < -0.3 is 18.9 Å². The first-order valence-corrected chi connectivity index (χ1v) is 25.4. The summed E-state index contributed by atoms with van der Waals surface area (Å²) >= 11 is 21.8. The molecule has 0 atom stereocenters. The zero-order valence-electron chi connectivity index (χ0n) is 38.4. The minimum absolute atomic E-state index is 0.480. The first-order valence-electron chi connectivity index (χ1n) is 21.8. The van der Waals surface area contributed by atoms with Crippen molar-refractivity contribution < 1.29 is 110 Å². The Balaban J connectivity index is 0.000000237. The smallest absolute Gasteiger partial charge is 0.366 e. The molecule has 0 N–H and O–H groups in total. The lowest BCUT2D eigenvalue weighted by Crippen LogP contribution is -3.61. The monoisotopic (exact) mass is 1300 g/mol. The van der Waals surface area contributed by atoms with Crippen LogP contribution in [0.25, 0.3) is 0 Å². The Morgan fingerprint density at radius 1 is 0.282 bits per heavy atom. The Morgan fingerprint density at radius 2 is 0.513 bits per heavy atom. The molecule has 0 radical (unpaired) electrons. The van der Waals surface area contributed by atoms with Crippen LogP contribution >= 0.6 is 46.4 Å². The maximum Gasteiger partial charge on any atom is 0.366 e. The molecule has 4 nitrogen and oxygen atoms in total. The summed E-state index contributed by atoms with van der Waals surface area (Å²) in [6, 6.07) is 36.0. The van der Waals surface area contributed by atoms with Crippen molar-refractivity contribution in [1.82, 2.24) is 0 Å². The zero-order chi connectivity index (χ0) is 56.9. The molecule has 0 aliphatic carbocycles. The van der Waals surface area contributed by atoms with Crippen molar-refractivity contribution in [2.24, 2.45) is 0 Å². The fraction of sp³-hybridized carbons (Fsp3) is 0.0769. The van der Waals surface area contributed by atoms with Crippen LogP contribution in [0.3, 0.4) is 0 Å². The second-order valence-electron chi connectivity index (χ2n) is 15.8. The van der Waals surface area contributed by atoms with E-state index >= 15 is 17.6 Å². The van der Waals surface area contributed by atoms with Crippen molar-refractivity contribution in [2.45, 2.75) is 0 Å². The maximum atomic E-state index is 15.8. The van der Waals surface area contributed by atoms with Crippen LogP contribution in [0.1, 0.15) is 0 Å². The molecule has 8 rings (SSSR count). The van der Waals surface area contributed by atoms with E-state index in [9.17, 15) is 52.7 Å². The number of rotatable bonds is 16. The van der Waals surface area contributed by atoms with E-state index in [0.29, 0.717) is 26.4 Å². The summed E-state index contributed by atoms with van der Waals surface area (Å²) in [7, 11) is 0. The van der Waals surface area contributed by atoms with Gasteiger partial charge in [-0.05, 0) is 48.5 Å². The van der Waals surface area contributed by atoms with Crippen LogP contribution in [0.5, 0.6) is 23.0 Å². The first-order chi connectivity index (χ1) is 37.1. The third kappa shape index (κ3) is 11.5. The van der Waals surface area contributed by atoms with Crippen molar-refractivity contribution >= 4 is 74.4 Å². The van der Waals surface area contributed by atoms with Gasteiger partial charge in [-0.1, -0.05) is 107 Å². The molecule has 8 aromatic rings. The lowest BCUT2D eigenvalue weighted by molar-refractivity contribution is -0.599. The average Bonchev–Trinajstić information content (AvgIpc) is 3.54. The molecular weight excluding hydrogens is 1270 g/mol. The van der Waals surface area contributed by atoms with E-state index in [-0.39, 0.29) is 0 Å². The van der Waals surface area contributed by atoms with E-state index < -0.39 is 162 Å². The van der Waals surface area contributed by atoms with Crippen LogP contribution in [0.4, 0.5) is 70.2 Å². The van der Waals surface area contributed by atoms with Gasteiger partial charge in [-0.2, -0.15) is 0 Å². The minimum atomic E-state index is -6.24. The molecule has 0 saturated heterocycles. The number of halogens is 21. The molecule has 0 spiro atoms. The van der Waals surface area contributed by atoms with Crippen molar-refractivity contribution in [3.63, 3.8) is 0 Å². The summed E-state index contributed by atoms with van der Waals surface area (Å²) in [4.78, 5) is 0. The number of ether oxygens (including phenoxy) is 4. The lowest BCUT2D eigenvalue weighted by Gasteiger charge is -2.46. The van der Waals surface area contributed by atoms with E-state index in [1.807, 2.05) is 84.9 Å². The molecule has 0 bridgehead atoms. The molecule has 0 fully saturated rings. The van der Waals surface area contributed by atoms with Gasteiger partial charge in [0.05, 0.1) is 0 Å². The van der Waals surface area contributed by atoms with Crippen molar-refractivity contribution in [2.75, 3.05) is 26.4 Å². The molecule has 26 heteroatoms. The van der Waals surface area contributed by atoms with Crippen molar-refractivity contribution in [3.05, 3.63) is 230 Å². The number of benzene rings is 8. The fourth-order valence-electron chi connectivity index (χ4n) is 7.92. The molecule has 0 aliphatic rings. The van der Waals surface area contributed by atoms with Gasteiger partial charge in [0, 0.05) is 20.1 Å². The van der Waals surface area contributed by atoms with E-state index in [4.69, 9.17) is 65.4 Å². The highest BCUT2D eigenvalue weighted by Gasteiger charge is 2.51. The summed E-state index contributed by atoms with van der Waals surface area (Å²) in [6.45, 7) is 1.98. The summed E-state index contributed by atoms with van der Waals surface area (Å²) in [5, 5.41) is -9.69. The molecule has 0 saturated carbocycles. The predicted octanol–water partition coefficient (Wildman–Crippen LogP) is 10.6. The lowest BCUT2D eigenvalue weighted by atomic mass is 9.12. The minimum Gasteiger partial charge on any atom is -0.490 e. The van der Waals surface area contributed by atoms with E-state index in [2.05, 4.69) is 24.3 Å². The Labute approximate surface area is 461 Å². The van der Waals surface area contributed by atoms with Gasteiger partial charge in [0.25, 0.3) is 0 Å². The van der Waals surface area contributed by atoms with Gasteiger partial charge in [0.2, 0.25) is 7.14 Å². The standard InChI is InChI=1S/C28H26IO4.C24BCl4F16/c1-3-11-23(12-4-1)30-19-21-32-27-17-9-7-15-25(27)29-26-16-8-10-18-28(26)33-22-20-31-24-13-5-2-6-14-24;26-5-1(9(30)17(38)21(42)13(5)34)25(2-6(27)14(35)22(43)18(39)10(2)31,3-7(28)15(36)23(44)19(40)11(3)32)4-8(29)16(37)24(45)20(41)12(4)33/h1-18H,19-22H2;/q+1;-1. The van der Waals surface area contributed by atoms with Gasteiger partial charge in [0.1, 0.15) is 67.3 Å². The largest absolute Gasteiger partial charge is 0.490 e. The molecule has 0 unspecified atom stereocenters. The summed E-state index contributed by atoms with van der Waals surface area (Å²) in [5.74, 6) is -44.8. The third-order valence-electron chi connectivity index (χ3n) is 11.3. The highest BCUT2D eigenvalue weighted by atomic mass is 127. The zero-order valence-corrected chi connectivity index (χ0v) is 43.5. The SMILES string of the molecule is Fc1c(F)c(F)c([B-](c2c(F)c(F)c(F)c(F)c2Cl)(c2c(F)c(F)c(F)c(F)c2Cl)c2c(F)c(F)c(F)c(F)c2Cl)c(Cl)c1F.c1ccc(OCCOc2ccccc2[I+]c2ccccc2OCCOc2ccccc2)cc1. The number of hydrogen-bond acceptors (Lipinski definition) is 4. The molecule has 0 aliphatic heterocycles. The molecule has 0 aromatic heterocycles. The molecule has 8 aromatic carbocycles. The van der Waals surface area contributed by atoms with Gasteiger partial charge in [-0.3, -0.25) is 0 Å². The van der Waals surface area contributed by atoms with Crippen LogP contribution in [0, 0.1) is 100 Å². The van der Waals surface area contributed by atoms with Crippen LogP contribution in [0.2, 0.25) is 20.1 Å². The van der Waals surface area contributed by atoms with Gasteiger partial charge in [-0.25, -0.2) is 70.2 Å². The van der Waals surface area contributed by atoms with E-state index in [1.54, 1.807) is 0 Å². The molecule has 78 heavy (non-hydrogen) atoms. The predicted molar refractivity (Wildman–Crippen MR) is 255 cm³/mol. The number of para-hydroxylation sites is 4. The van der Waals surface area contributed by atoms with Crippen molar-refractivity contribution in [3.8, 4) is 23.0 Å². The maximum absolute atomic E-state index is 15.8. The van der Waals surface area contributed by atoms with E-state index in [0.717, 1.165) is 23.0 Å². The van der Waals surface area contributed by atoms with Crippen LogP contribution < -0.4 is 62.0 Å². The highest BCUT2D eigenvalue weighted by molar-refractivity contribution is 7.22. The highest BCUT2D eigenvalue weighted by Crippen LogP contribution is 2.36. The summed E-state index contributed by atoms with van der Waals surface area (Å²) < 4.78 is 264. The second kappa shape index (κ2) is 25.3. The van der Waals surface area contributed by atoms with Gasteiger partial charge in [0.15, 0.2) is 81.3 Å². The van der Waals surface area contributed by atoms with Crippen molar-refractivity contribution in [1.29, 1.82) is 0 Å². The first kappa shape index (κ1) is 59.5.